The van der Waals surface area contributed by atoms with Gasteiger partial charge in [0.05, 0.1) is 0 Å². The van der Waals surface area contributed by atoms with Crippen molar-refractivity contribution in [3.05, 3.63) is 226 Å². The average molecular weight is 769 g/mol. The molecule has 5 aliphatic carbocycles. The first-order valence-electron chi connectivity index (χ1n) is 22.6. The molecule has 0 saturated heterocycles. The van der Waals surface area contributed by atoms with Gasteiger partial charge in [0.2, 0.25) is 0 Å². The van der Waals surface area contributed by atoms with Gasteiger partial charge in [-0.1, -0.05) is 190 Å². The minimum atomic E-state index is 0.0911. The van der Waals surface area contributed by atoms with Crippen LogP contribution in [0, 0.1) is 17.8 Å². The molecule has 0 nitrogen and oxygen atoms in total. The third-order valence-electron chi connectivity index (χ3n) is 14.3. The van der Waals surface area contributed by atoms with Gasteiger partial charge in [-0.05, 0) is 154 Å². The zero-order valence-electron chi connectivity index (χ0n) is 35.5. The summed E-state index contributed by atoms with van der Waals surface area (Å²) in [6.45, 7) is 7.08. The second kappa shape index (κ2) is 17.4. The van der Waals surface area contributed by atoms with E-state index in [0.717, 1.165) is 32.1 Å². The maximum Gasteiger partial charge on any atom is 0.0206 e. The molecule has 0 spiro atoms. The second-order valence-corrected chi connectivity index (χ2v) is 17.6. The lowest BCUT2D eigenvalue weighted by Crippen LogP contribution is -2.32. The predicted octanol–water partition coefficient (Wildman–Crippen LogP) is 15.9. The Kier molecular flexibility index (Phi) is 11.5. The highest BCUT2D eigenvalue weighted by Crippen LogP contribution is 2.61. The molecule has 4 atom stereocenters. The molecule has 0 aliphatic heterocycles. The van der Waals surface area contributed by atoms with Crippen molar-refractivity contribution in [2.75, 3.05) is 0 Å². The molecule has 0 bridgehead atoms. The highest BCUT2D eigenvalue weighted by Gasteiger charge is 2.46. The fraction of sp³-hybridized carbons (Fsp3) is 0.288. The van der Waals surface area contributed by atoms with E-state index < -0.39 is 0 Å². The summed E-state index contributed by atoms with van der Waals surface area (Å²) >= 11 is 0. The van der Waals surface area contributed by atoms with E-state index in [-0.39, 0.29) is 5.41 Å². The van der Waals surface area contributed by atoms with E-state index in [4.69, 9.17) is 0 Å². The lowest BCUT2D eigenvalue weighted by molar-refractivity contribution is 0.237. The highest BCUT2D eigenvalue weighted by molar-refractivity contribution is 5.95. The summed E-state index contributed by atoms with van der Waals surface area (Å²) in [7, 11) is 0. The molecule has 4 aromatic rings. The van der Waals surface area contributed by atoms with Crippen molar-refractivity contribution in [3.63, 3.8) is 0 Å². The smallest absolute Gasteiger partial charge is 0.0206 e. The summed E-state index contributed by atoms with van der Waals surface area (Å²) in [5, 5.41) is 0. The number of fused-ring (bicyclic) bond motifs is 4. The van der Waals surface area contributed by atoms with Crippen LogP contribution >= 0.6 is 0 Å². The number of hydrogen-bond donors (Lipinski definition) is 0. The van der Waals surface area contributed by atoms with Crippen LogP contribution in [-0.4, -0.2) is 0 Å². The molecule has 59 heavy (non-hydrogen) atoms. The van der Waals surface area contributed by atoms with E-state index in [0.29, 0.717) is 17.8 Å². The van der Waals surface area contributed by atoms with Crippen molar-refractivity contribution in [2.24, 2.45) is 17.8 Å². The predicted molar refractivity (Wildman–Crippen MR) is 253 cm³/mol. The Morgan fingerprint density at radius 1 is 0.712 bits per heavy atom. The zero-order valence-corrected chi connectivity index (χ0v) is 35.5. The maximum absolute atomic E-state index is 2.67. The lowest BCUT2D eigenvalue weighted by atomic mass is 9.64. The molecule has 5 aliphatic rings. The molecule has 1 saturated carbocycles. The lowest BCUT2D eigenvalue weighted by Gasteiger charge is -2.40. The van der Waals surface area contributed by atoms with E-state index in [1.807, 2.05) is 0 Å². The van der Waals surface area contributed by atoms with E-state index in [9.17, 15) is 0 Å². The number of allylic oxidation sites excluding steroid dienone is 18. The molecule has 9 rings (SSSR count). The van der Waals surface area contributed by atoms with E-state index in [1.54, 1.807) is 16.7 Å². The monoisotopic (exact) mass is 768 g/mol. The van der Waals surface area contributed by atoms with E-state index >= 15 is 0 Å². The maximum atomic E-state index is 2.67. The van der Waals surface area contributed by atoms with Crippen molar-refractivity contribution in [2.45, 2.75) is 90.4 Å². The normalized spacial score (nSPS) is 25.0. The minimum absolute atomic E-state index is 0.0911. The van der Waals surface area contributed by atoms with Crippen LogP contribution in [0.5, 0.6) is 0 Å². The van der Waals surface area contributed by atoms with Gasteiger partial charge in [0.15, 0.2) is 0 Å². The van der Waals surface area contributed by atoms with Crippen molar-refractivity contribution in [1.29, 1.82) is 0 Å². The summed E-state index contributed by atoms with van der Waals surface area (Å²) in [5.41, 5.74) is 20.8. The van der Waals surface area contributed by atoms with Gasteiger partial charge in [0, 0.05) is 11.8 Å². The summed E-state index contributed by atoms with van der Waals surface area (Å²) < 4.78 is 0. The molecular formula is C59H60. The first kappa shape index (κ1) is 39.0. The summed E-state index contributed by atoms with van der Waals surface area (Å²) in [6, 6.07) is 41.4. The first-order chi connectivity index (χ1) is 29.1. The minimum Gasteiger partial charge on any atom is -0.0877 e. The quantitative estimate of drug-likeness (QED) is 0.141. The number of rotatable bonds is 10. The van der Waals surface area contributed by atoms with Crippen LogP contribution in [0.4, 0.5) is 0 Å². The molecule has 0 heteroatoms. The van der Waals surface area contributed by atoms with Gasteiger partial charge in [-0.2, -0.15) is 0 Å². The van der Waals surface area contributed by atoms with Crippen LogP contribution in [0.25, 0.3) is 22.3 Å². The summed E-state index contributed by atoms with van der Waals surface area (Å²) in [4.78, 5) is 0. The zero-order chi connectivity index (χ0) is 40.2. The Balaban J connectivity index is 1.34. The molecule has 296 valence electrons. The van der Waals surface area contributed by atoms with Crippen LogP contribution in [0.3, 0.4) is 0 Å². The van der Waals surface area contributed by atoms with E-state index in [1.165, 1.54) is 93.4 Å². The van der Waals surface area contributed by atoms with E-state index in [2.05, 4.69) is 191 Å². The van der Waals surface area contributed by atoms with Crippen molar-refractivity contribution in [3.8, 4) is 11.1 Å². The SMILES string of the molecule is C/C=C\C=C/Cc1ccccc1/C1=C2\C3=CC=CC4C5=C(C=C(\C2=C(/c2ccccc2-c2ccccc2)CCCC(C(C)(CCC)c2ccccc2)CC1)C34)CCC=C5. The first-order valence-corrected chi connectivity index (χ1v) is 22.6. The van der Waals surface area contributed by atoms with Crippen LogP contribution in [0.1, 0.15) is 101 Å². The van der Waals surface area contributed by atoms with Crippen molar-refractivity contribution < 1.29 is 0 Å². The Morgan fingerprint density at radius 2 is 1.42 bits per heavy atom. The Bertz CT molecular complexity index is 2470. The van der Waals surface area contributed by atoms with Crippen molar-refractivity contribution in [1.82, 2.24) is 0 Å². The number of hydrogen-bond acceptors (Lipinski definition) is 0. The molecule has 0 N–H and O–H groups in total. The topological polar surface area (TPSA) is 0 Å². The Hall–Kier alpha value is -5.46. The van der Waals surface area contributed by atoms with Gasteiger partial charge in [-0.3, -0.25) is 0 Å². The molecule has 0 amide bonds. The third kappa shape index (κ3) is 7.41. The fourth-order valence-corrected chi connectivity index (χ4v) is 11.5. The molecule has 0 aromatic heterocycles. The average Bonchev–Trinajstić information content (AvgIpc) is 3.61. The molecule has 4 aromatic carbocycles. The standard InChI is InChI=1S/C59H60/c1-4-6-7-10-23-43-26-15-17-32-48(43)53-39-38-46(59(3,40-5-2)45-28-13-9-14-29-45)30-21-35-52(50-34-20-19-31-47(50)42-24-11-8-12-25-42)58-55-41-44-27-16-18-33-49(44)51-36-22-37-54(56(51)55)57(53)58/h4,6-15,17-20,22,24-26,28-29,31-34,36-37,41,46,51,56H,5,16,21,23,27,30,35,38-40H2,1-3H3/b6-4-,10-7-,57-53+,58-52+. The fourth-order valence-electron chi connectivity index (χ4n) is 11.5. The van der Waals surface area contributed by atoms with Gasteiger partial charge in [-0.25, -0.2) is 0 Å². The van der Waals surface area contributed by atoms with Crippen LogP contribution in [-0.2, 0) is 11.8 Å². The van der Waals surface area contributed by atoms with Crippen molar-refractivity contribution >= 4 is 11.1 Å². The van der Waals surface area contributed by atoms with Gasteiger partial charge in [0.1, 0.15) is 0 Å². The van der Waals surface area contributed by atoms with Gasteiger partial charge < -0.3 is 0 Å². The molecule has 0 radical (unpaired) electrons. The van der Waals surface area contributed by atoms with Crippen LogP contribution in [0.15, 0.2) is 203 Å². The molecule has 0 heterocycles. The molecule has 1 fully saturated rings. The molecule has 4 unspecified atom stereocenters. The Labute approximate surface area is 354 Å². The summed E-state index contributed by atoms with van der Waals surface area (Å²) in [6.07, 6.45) is 35.0. The van der Waals surface area contributed by atoms with Gasteiger partial charge >= 0.3 is 0 Å². The summed E-state index contributed by atoms with van der Waals surface area (Å²) in [5.74, 6) is 1.24. The number of benzene rings is 4. The Morgan fingerprint density at radius 3 is 2.22 bits per heavy atom. The van der Waals surface area contributed by atoms with Gasteiger partial charge in [-0.15, -0.1) is 0 Å². The van der Waals surface area contributed by atoms with Gasteiger partial charge in [0.25, 0.3) is 0 Å². The molecular weight excluding hydrogens is 709 g/mol. The highest BCUT2D eigenvalue weighted by atomic mass is 14.5. The second-order valence-electron chi connectivity index (χ2n) is 17.6. The largest absolute Gasteiger partial charge is 0.0877 e. The third-order valence-corrected chi connectivity index (χ3v) is 14.3. The van der Waals surface area contributed by atoms with Crippen LogP contribution in [0.2, 0.25) is 0 Å². The van der Waals surface area contributed by atoms with Crippen LogP contribution < -0.4 is 0 Å².